The molecule has 1 aromatic rings. The van der Waals surface area contributed by atoms with Crippen LogP contribution in [0.4, 0.5) is 0 Å². The molecule has 94 valence electrons. The van der Waals surface area contributed by atoms with E-state index in [4.69, 9.17) is 16.3 Å². The van der Waals surface area contributed by atoms with E-state index in [1.54, 1.807) is 0 Å². The summed E-state index contributed by atoms with van der Waals surface area (Å²) in [5, 5.41) is 0.0936. The van der Waals surface area contributed by atoms with Crippen LogP contribution in [0.5, 0.6) is 0 Å². The summed E-state index contributed by atoms with van der Waals surface area (Å²) in [4.78, 5) is 0. The lowest BCUT2D eigenvalue weighted by atomic mass is 9.87. The molecule has 2 rings (SSSR count). The third-order valence-corrected chi connectivity index (χ3v) is 4.65. The molecule has 0 N–H and O–H groups in total. The Morgan fingerprint density at radius 2 is 1.76 bits per heavy atom. The van der Waals surface area contributed by atoms with E-state index in [2.05, 4.69) is 33.8 Å². The number of alkyl halides is 1. The number of halogens is 1. The normalized spacial score (nSPS) is 21.8. The molecule has 0 spiro atoms. The predicted octanol–water partition coefficient (Wildman–Crippen LogP) is 4.24. The molecule has 0 bridgehead atoms. The highest BCUT2D eigenvalue weighted by Crippen LogP contribution is 2.39. The molecule has 1 aliphatic heterocycles. The van der Waals surface area contributed by atoms with Crippen LogP contribution in [0.1, 0.15) is 39.6 Å². The third-order valence-electron chi connectivity index (χ3n) is 4.08. The number of ether oxygens (including phenoxy) is 1. The number of hydrogen-bond acceptors (Lipinski definition) is 1. The Balaban J connectivity index is 2.42. The summed E-state index contributed by atoms with van der Waals surface area (Å²) in [6.45, 7) is 10.4. The van der Waals surface area contributed by atoms with Crippen molar-refractivity contribution in [3.63, 3.8) is 0 Å². The topological polar surface area (TPSA) is 9.23 Å². The zero-order valence-electron chi connectivity index (χ0n) is 11.1. The van der Waals surface area contributed by atoms with Crippen molar-refractivity contribution in [2.24, 2.45) is 5.92 Å². The Labute approximate surface area is 109 Å². The number of rotatable bonds is 2. The van der Waals surface area contributed by atoms with Gasteiger partial charge in [0, 0.05) is 12.5 Å². The highest BCUT2D eigenvalue weighted by Gasteiger charge is 2.28. The Morgan fingerprint density at radius 3 is 2.24 bits per heavy atom. The minimum absolute atomic E-state index is 0.0936. The second-order valence-corrected chi connectivity index (χ2v) is 5.67. The molecule has 2 unspecified atom stereocenters. The lowest BCUT2D eigenvalue weighted by molar-refractivity contribution is 0.185. The highest BCUT2D eigenvalue weighted by atomic mass is 35.5. The van der Waals surface area contributed by atoms with Gasteiger partial charge in [-0.05, 0) is 61.9 Å². The molecule has 2 atom stereocenters. The second-order valence-electron chi connectivity index (χ2n) is 5.20. The van der Waals surface area contributed by atoms with Crippen molar-refractivity contribution in [3.8, 4) is 0 Å². The average molecular weight is 253 g/mol. The van der Waals surface area contributed by atoms with Crippen molar-refractivity contribution in [1.82, 2.24) is 0 Å². The largest absolute Gasteiger partial charge is 0.381 e. The molecule has 1 heterocycles. The highest BCUT2D eigenvalue weighted by molar-refractivity contribution is 6.21. The van der Waals surface area contributed by atoms with Gasteiger partial charge in [-0.2, -0.15) is 0 Å². The van der Waals surface area contributed by atoms with Gasteiger partial charge in [0.25, 0.3) is 0 Å². The molecule has 0 radical (unpaired) electrons. The minimum Gasteiger partial charge on any atom is -0.381 e. The Hall–Kier alpha value is -0.530. The zero-order valence-corrected chi connectivity index (χ0v) is 11.9. The van der Waals surface area contributed by atoms with Crippen LogP contribution in [-0.4, -0.2) is 13.2 Å². The minimum atomic E-state index is 0.0936. The summed E-state index contributed by atoms with van der Waals surface area (Å²) in [5.74, 6) is 0.468. The van der Waals surface area contributed by atoms with Crippen LogP contribution in [0.15, 0.2) is 6.07 Å². The first-order valence-electron chi connectivity index (χ1n) is 6.31. The van der Waals surface area contributed by atoms with Crippen LogP contribution in [0.25, 0.3) is 0 Å². The predicted molar refractivity (Wildman–Crippen MR) is 72.9 cm³/mol. The summed E-state index contributed by atoms with van der Waals surface area (Å²) in [6.07, 6.45) is 1.08. The van der Waals surface area contributed by atoms with Gasteiger partial charge >= 0.3 is 0 Å². The maximum atomic E-state index is 6.69. The van der Waals surface area contributed by atoms with Gasteiger partial charge in [-0.3, -0.25) is 0 Å². The molecule has 2 heteroatoms. The fourth-order valence-electron chi connectivity index (χ4n) is 2.68. The first kappa shape index (κ1) is 12.9. The van der Waals surface area contributed by atoms with Gasteiger partial charge in [0.2, 0.25) is 0 Å². The molecule has 0 saturated carbocycles. The van der Waals surface area contributed by atoms with Crippen LogP contribution in [0, 0.1) is 33.6 Å². The van der Waals surface area contributed by atoms with Gasteiger partial charge in [-0.25, -0.2) is 0 Å². The van der Waals surface area contributed by atoms with Gasteiger partial charge in [-0.1, -0.05) is 6.07 Å². The summed E-state index contributed by atoms with van der Waals surface area (Å²) in [6, 6.07) is 2.25. The Kier molecular flexibility index (Phi) is 3.79. The van der Waals surface area contributed by atoms with Gasteiger partial charge in [-0.15, -0.1) is 11.6 Å². The van der Waals surface area contributed by atoms with Gasteiger partial charge < -0.3 is 4.74 Å². The van der Waals surface area contributed by atoms with Gasteiger partial charge in [0.1, 0.15) is 0 Å². The first-order chi connectivity index (χ1) is 8.02. The van der Waals surface area contributed by atoms with Crippen LogP contribution in [0.2, 0.25) is 0 Å². The molecule has 1 fully saturated rings. The van der Waals surface area contributed by atoms with E-state index in [9.17, 15) is 0 Å². The van der Waals surface area contributed by atoms with E-state index in [1.807, 2.05) is 0 Å². The van der Waals surface area contributed by atoms with Crippen LogP contribution in [0.3, 0.4) is 0 Å². The number of aryl methyl sites for hydroxylation is 2. The lowest BCUT2D eigenvalue weighted by Gasteiger charge is -2.23. The maximum Gasteiger partial charge on any atom is 0.0641 e. The summed E-state index contributed by atoms with van der Waals surface area (Å²) in [7, 11) is 0. The van der Waals surface area contributed by atoms with Crippen LogP contribution in [-0.2, 0) is 4.74 Å². The van der Waals surface area contributed by atoms with Crippen molar-refractivity contribution in [3.05, 3.63) is 33.9 Å². The van der Waals surface area contributed by atoms with E-state index in [-0.39, 0.29) is 5.38 Å². The number of hydrogen-bond donors (Lipinski definition) is 0. The SMILES string of the molecule is Cc1cc(C)c(C)c(C(Cl)C2CCOC2)c1C. The van der Waals surface area contributed by atoms with Crippen LogP contribution >= 0.6 is 11.6 Å². The van der Waals surface area contributed by atoms with Crippen molar-refractivity contribution >= 4 is 11.6 Å². The Morgan fingerprint density at radius 1 is 1.18 bits per heavy atom. The smallest absolute Gasteiger partial charge is 0.0641 e. The van der Waals surface area contributed by atoms with Gasteiger partial charge in [0.15, 0.2) is 0 Å². The molecule has 0 aromatic heterocycles. The second kappa shape index (κ2) is 4.99. The molecule has 1 saturated heterocycles. The van der Waals surface area contributed by atoms with Crippen molar-refractivity contribution in [2.75, 3.05) is 13.2 Å². The monoisotopic (exact) mass is 252 g/mol. The molecule has 1 aliphatic rings. The average Bonchev–Trinajstić information content (AvgIpc) is 2.80. The fourth-order valence-corrected chi connectivity index (χ4v) is 3.21. The van der Waals surface area contributed by atoms with Crippen LogP contribution < -0.4 is 0 Å². The summed E-state index contributed by atoms with van der Waals surface area (Å²) in [5.41, 5.74) is 6.71. The quantitative estimate of drug-likeness (QED) is 0.716. The molecule has 0 aliphatic carbocycles. The van der Waals surface area contributed by atoms with Crippen molar-refractivity contribution < 1.29 is 4.74 Å². The van der Waals surface area contributed by atoms with Crippen molar-refractivity contribution in [1.29, 1.82) is 0 Å². The molecular formula is C15H21ClO. The van der Waals surface area contributed by atoms with E-state index >= 15 is 0 Å². The molecular weight excluding hydrogens is 232 g/mol. The molecule has 1 aromatic carbocycles. The van der Waals surface area contributed by atoms with Crippen molar-refractivity contribution in [2.45, 2.75) is 39.5 Å². The van der Waals surface area contributed by atoms with E-state index in [0.717, 1.165) is 19.6 Å². The maximum absolute atomic E-state index is 6.69. The first-order valence-corrected chi connectivity index (χ1v) is 6.75. The van der Waals surface area contributed by atoms with E-state index < -0.39 is 0 Å². The van der Waals surface area contributed by atoms with E-state index in [0.29, 0.717) is 5.92 Å². The lowest BCUT2D eigenvalue weighted by Crippen LogP contribution is -2.12. The molecule has 1 nitrogen and oxygen atoms in total. The number of benzene rings is 1. The zero-order chi connectivity index (χ0) is 12.6. The fraction of sp³-hybridized carbons (Fsp3) is 0.600. The van der Waals surface area contributed by atoms with E-state index in [1.165, 1.54) is 27.8 Å². The third kappa shape index (κ3) is 2.36. The summed E-state index contributed by atoms with van der Waals surface area (Å²) < 4.78 is 5.46. The van der Waals surface area contributed by atoms with Gasteiger partial charge in [0.05, 0.1) is 12.0 Å². The molecule has 0 amide bonds. The summed E-state index contributed by atoms with van der Waals surface area (Å²) >= 11 is 6.69. The molecule has 17 heavy (non-hydrogen) atoms. The standard InChI is InChI=1S/C15H21ClO/c1-9-7-10(2)12(4)14(11(9)3)15(16)13-5-6-17-8-13/h7,13,15H,5-6,8H2,1-4H3. The Bertz CT molecular complexity index is 393.